The molecule has 0 atom stereocenters. The lowest BCUT2D eigenvalue weighted by molar-refractivity contribution is 0.630. The van der Waals surface area contributed by atoms with E-state index in [0.717, 1.165) is 53.0 Å². The van der Waals surface area contributed by atoms with Gasteiger partial charge in [-0.3, -0.25) is 0 Å². The van der Waals surface area contributed by atoms with E-state index in [1.165, 1.54) is 6.07 Å². The maximum absolute atomic E-state index is 14.7. The lowest BCUT2D eigenvalue weighted by atomic mass is 10.0. The third kappa shape index (κ3) is 4.38. The van der Waals surface area contributed by atoms with Crippen LogP contribution in [0.15, 0.2) is 66.7 Å². The van der Waals surface area contributed by atoms with E-state index in [1.54, 1.807) is 12.1 Å². The molecular weight excluding hydrogens is 411 g/mol. The van der Waals surface area contributed by atoms with Gasteiger partial charge < -0.3 is 10.2 Å². The zero-order chi connectivity index (χ0) is 23.4. The second-order valence-electron chi connectivity index (χ2n) is 8.00. The van der Waals surface area contributed by atoms with Crippen LogP contribution in [0.4, 0.5) is 21.5 Å². The van der Waals surface area contributed by atoms with Crippen LogP contribution in [0.25, 0.3) is 22.2 Å². The summed E-state index contributed by atoms with van der Waals surface area (Å²) in [5.41, 5.74) is 5.80. The van der Waals surface area contributed by atoms with Crippen molar-refractivity contribution in [2.75, 3.05) is 23.3 Å². The zero-order valence-electron chi connectivity index (χ0n) is 19.2. The third-order valence-corrected chi connectivity index (χ3v) is 5.89. The molecule has 5 heteroatoms. The normalized spacial score (nSPS) is 10.8. The molecule has 3 aromatic carbocycles. The minimum atomic E-state index is -0.313. The van der Waals surface area contributed by atoms with Crippen molar-refractivity contribution in [1.29, 1.82) is 5.26 Å². The molecule has 0 bridgehead atoms. The van der Waals surface area contributed by atoms with Crippen molar-refractivity contribution in [1.82, 2.24) is 4.98 Å². The van der Waals surface area contributed by atoms with Crippen LogP contribution in [0.1, 0.15) is 31.4 Å². The molecule has 0 fully saturated rings. The monoisotopic (exact) mass is 438 g/mol. The quantitative estimate of drug-likeness (QED) is 0.331. The number of nitrogens with one attached hydrogen (secondary N) is 1. The van der Waals surface area contributed by atoms with Crippen molar-refractivity contribution >= 4 is 28.0 Å². The number of rotatable bonds is 7. The number of anilines is 3. The molecule has 4 aromatic rings. The van der Waals surface area contributed by atoms with Gasteiger partial charge in [-0.25, -0.2) is 9.37 Å². The molecule has 4 nitrogen and oxygen atoms in total. The van der Waals surface area contributed by atoms with Crippen molar-refractivity contribution in [3.8, 4) is 17.3 Å². The van der Waals surface area contributed by atoms with E-state index in [1.807, 2.05) is 55.5 Å². The number of nitrogens with zero attached hydrogens (tertiary/aromatic N) is 3. The van der Waals surface area contributed by atoms with Crippen molar-refractivity contribution in [3.63, 3.8) is 0 Å². The fourth-order valence-corrected chi connectivity index (χ4v) is 4.19. The summed E-state index contributed by atoms with van der Waals surface area (Å²) in [6.45, 7) is 8.05. The van der Waals surface area contributed by atoms with Crippen LogP contribution in [0.2, 0.25) is 0 Å². The molecule has 0 unspecified atom stereocenters. The molecule has 166 valence electrons. The average molecular weight is 439 g/mol. The van der Waals surface area contributed by atoms with Crippen molar-refractivity contribution in [2.45, 2.75) is 27.2 Å². The molecule has 0 aliphatic carbocycles. The number of aromatic nitrogens is 1. The lowest BCUT2D eigenvalue weighted by Crippen LogP contribution is -2.23. The highest BCUT2D eigenvalue weighted by Gasteiger charge is 2.17. The summed E-state index contributed by atoms with van der Waals surface area (Å²) in [6, 6.07) is 22.6. The minimum Gasteiger partial charge on any atom is -0.372 e. The first kappa shape index (κ1) is 22.3. The Bertz CT molecular complexity index is 1340. The summed E-state index contributed by atoms with van der Waals surface area (Å²) in [4.78, 5) is 7.07. The van der Waals surface area contributed by atoms with Crippen LogP contribution in [-0.2, 0) is 0 Å². The van der Waals surface area contributed by atoms with Gasteiger partial charge in [0.05, 0.1) is 28.1 Å². The van der Waals surface area contributed by atoms with Gasteiger partial charge in [0, 0.05) is 29.7 Å². The first-order valence-electron chi connectivity index (χ1n) is 11.3. The number of hydrogen-bond acceptors (Lipinski definition) is 4. The molecule has 1 N–H and O–H groups in total. The summed E-state index contributed by atoms with van der Waals surface area (Å²) in [7, 11) is 0. The smallest absolute Gasteiger partial charge is 0.132 e. The molecule has 0 aliphatic rings. The number of benzene rings is 3. The number of hydrogen-bond donors (Lipinski definition) is 1. The van der Waals surface area contributed by atoms with Gasteiger partial charge in [0.1, 0.15) is 11.9 Å². The average Bonchev–Trinajstić information content (AvgIpc) is 2.84. The summed E-state index contributed by atoms with van der Waals surface area (Å²) < 4.78 is 14.7. The predicted molar refractivity (Wildman–Crippen MR) is 134 cm³/mol. The number of fused-ring (bicyclic) bond motifs is 1. The summed E-state index contributed by atoms with van der Waals surface area (Å²) in [5.74, 6) is -0.313. The van der Waals surface area contributed by atoms with Crippen LogP contribution in [0.3, 0.4) is 0 Å². The van der Waals surface area contributed by atoms with E-state index < -0.39 is 0 Å². The second-order valence-corrected chi connectivity index (χ2v) is 8.00. The van der Waals surface area contributed by atoms with Crippen LogP contribution in [0, 0.1) is 24.1 Å². The molecule has 0 saturated heterocycles. The van der Waals surface area contributed by atoms with Crippen molar-refractivity contribution in [2.24, 2.45) is 0 Å². The Morgan fingerprint density at radius 3 is 2.52 bits per heavy atom. The van der Waals surface area contributed by atoms with Gasteiger partial charge in [0.25, 0.3) is 0 Å². The molecule has 4 rings (SSSR count). The van der Waals surface area contributed by atoms with Gasteiger partial charge in [0.15, 0.2) is 0 Å². The number of para-hydroxylation sites is 1. The van der Waals surface area contributed by atoms with Crippen LogP contribution >= 0.6 is 0 Å². The second kappa shape index (κ2) is 9.70. The Balaban J connectivity index is 1.90. The van der Waals surface area contributed by atoms with Crippen LogP contribution < -0.4 is 10.2 Å². The Kier molecular flexibility index (Phi) is 6.55. The molecule has 0 amide bonds. The SMILES string of the molecule is CCCN(CC)c1ccc(C#N)c(Nc2c(C)c(-c3ccccc3F)nc3ccccc23)c1. The third-order valence-electron chi connectivity index (χ3n) is 5.89. The predicted octanol–water partition coefficient (Wildman–Crippen LogP) is 7.20. The molecule has 1 heterocycles. The van der Waals surface area contributed by atoms with E-state index >= 15 is 0 Å². The first-order chi connectivity index (χ1) is 16.1. The highest BCUT2D eigenvalue weighted by molar-refractivity contribution is 5.98. The van der Waals surface area contributed by atoms with Gasteiger partial charge in [0.2, 0.25) is 0 Å². The molecule has 33 heavy (non-hydrogen) atoms. The molecule has 0 aliphatic heterocycles. The van der Waals surface area contributed by atoms with E-state index in [-0.39, 0.29) is 5.82 Å². The van der Waals surface area contributed by atoms with E-state index in [9.17, 15) is 9.65 Å². The zero-order valence-corrected chi connectivity index (χ0v) is 19.2. The van der Waals surface area contributed by atoms with Gasteiger partial charge in [-0.2, -0.15) is 5.26 Å². The van der Waals surface area contributed by atoms with Gasteiger partial charge in [-0.1, -0.05) is 37.3 Å². The van der Waals surface area contributed by atoms with Crippen molar-refractivity contribution < 1.29 is 4.39 Å². The highest BCUT2D eigenvalue weighted by atomic mass is 19.1. The Morgan fingerprint density at radius 2 is 1.79 bits per heavy atom. The summed E-state index contributed by atoms with van der Waals surface area (Å²) >= 11 is 0. The lowest BCUT2D eigenvalue weighted by Gasteiger charge is -2.24. The van der Waals surface area contributed by atoms with Gasteiger partial charge in [-0.15, -0.1) is 0 Å². The molecule has 0 radical (unpaired) electrons. The summed E-state index contributed by atoms with van der Waals surface area (Å²) in [6.07, 6.45) is 1.04. The van der Waals surface area contributed by atoms with Crippen LogP contribution in [-0.4, -0.2) is 18.1 Å². The van der Waals surface area contributed by atoms with E-state index in [0.29, 0.717) is 16.8 Å². The van der Waals surface area contributed by atoms with E-state index in [2.05, 4.69) is 30.1 Å². The molecular formula is C28H27FN4. The number of nitriles is 1. The molecule has 0 spiro atoms. The Morgan fingerprint density at radius 1 is 1.03 bits per heavy atom. The number of halogens is 1. The van der Waals surface area contributed by atoms with Gasteiger partial charge in [-0.05, 0) is 62.2 Å². The Labute approximate surface area is 194 Å². The van der Waals surface area contributed by atoms with E-state index in [4.69, 9.17) is 4.98 Å². The number of pyridine rings is 1. The first-order valence-corrected chi connectivity index (χ1v) is 11.3. The fourth-order valence-electron chi connectivity index (χ4n) is 4.19. The Hall–Kier alpha value is -3.91. The maximum Gasteiger partial charge on any atom is 0.132 e. The topological polar surface area (TPSA) is 52.0 Å². The largest absolute Gasteiger partial charge is 0.372 e. The van der Waals surface area contributed by atoms with Crippen molar-refractivity contribution in [3.05, 3.63) is 83.7 Å². The molecule has 0 saturated carbocycles. The van der Waals surface area contributed by atoms with Crippen LogP contribution in [0.5, 0.6) is 0 Å². The minimum absolute atomic E-state index is 0.313. The highest BCUT2D eigenvalue weighted by Crippen LogP contribution is 2.37. The molecule has 1 aromatic heterocycles. The van der Waals surface area contributed by atoms with Gasteiger partial charge >= 0.3 is 0 Å². The maximum atomic E-state index is 14.7. The standard InChI is InChI=1S/C28H27FN4/c1-4-16-33(5-2)21-15-14-20(18-30)26(17-21)32-28-19(3)27(22-10-6-8-12-24(22)29)31-25-13-9-7-11-23(25)28/h6-15,17H,4-5,16H2,1-3H3,(H,31,32). The fraction of sp³-hybridized carbons (Fsp3) is 0.214. The summed E-state index contributed by atoms with van der Waals surface area (Å²) in [5, 5.41) is 14.2.